The van der Waals surface area contributed by atoms with Crippen LogP contribution in [0.5, 0.6) is 5.75 Å². The van der Waals surface area contributed by atoms with Gasteiger partial charge >= 0.3 is 12.1 Å². The molecular formula is C35H41N3O5. The molecule has 0 unspecified atom stereocenters. The lowest BCUT2D eigenvalue weighted by atomic mass is 9.78. The monoisotopic (exact) mass is 583 g/mol. The third-order valence-electron chi connectivity index (χ3n) is 9.49. The summed E-state index contributed by atoms with van der Waals surface area (Å²) in [4.78, 5) is 34.0. The van der Waals surface area contributed by atoms with Crippen LogP contribution in [0.2, 0.25) is 0 Å². The number of amides is 1. The van der Waals surface area contributed by atoms with Crippen molar-refractivity contribution in [1.82, 2.24) is 9.88 Å². The molecule has 3 aromatic rings. The number of methoxy groups -OCH3 is 1. The van der Waals surface area contributed by atoms with E-state index in [4.69, 9.17) is 14.5 Å². The van der Waals surface area contributed by atoms with Crippen LogP contribution in [0.4, 0.5) is 10.6 Å². The Bertz CT molecular complexity index is 1510. The quantitative estimate of drug-likeness (QED) is 0.305. The van der Waals surface area contributed by atoms with Gasteiger partial charge in [-0.15, -0.1) is 0 Å². The first-order chi connectivity index (χ1) is 20.7. The molecule has 2 saturated heterocycles. The summed E-state index contributed by atoms with van der Waals surface area (Å²) in [5, 5.41) is 9.47. The lowest BCUT2D eigenvalue weighted by Crippen LogP contribution is -2.38. The zero-order chi connectivity index (χ0) is 30.2. The fraction of sp³-hybridized carbons (Fsp3) is 0.457. The number of carbonyl (C=O) groups excluding carboxylic acids is 1. The number of rotatable bonds is 8. The topological polar surface area (TPSA) is 92.2 Å². The number of carbonyl (C=O) groups is 2. The van der Waals surface area contributed by atoms with Gasteiger partial charge in [0.25, 0.3) is 0 Å². The van der Waals surface area contributed by atoms with Gasteiger partial charge in [0.1, 0.15) is 17.7 Å². The maximum atomic E-state index is 13.3. The van der Waals surface area contributed by atoms with E-state index in [1.807, 2.05) is 13.0 Å². The molecule has 1 N–H and O–H groups in total. The van der Waals surface area contributed by atoms with Crippen molar-refractivity contribution in [2.45, 2.75) is 77.5 Å². The van der Waals surface area contributed by atoms with E-state index in [0.717, 1.165) is 77.4 Å². The predicted molar refractivity (Wildman–Crippen MR) is 166 cm³/mol. The highest BCUT2D eigenvalue weighted by molar-refractivity contribution is 5.76. The van der Waals surface area contributed by atoms with Crippen LogP contribution in [0.15, 0.2) is 48.5 Å². The number of anilines is 1. The third-order valence-corrected chi connectivity index (χ3v) is 9.49. The van der Waals surface area contributed by atoms with Crippen molar-refractivity contribution in [2.24, 2.45) is 5.92 Å². The second-order valence-electron chi connectivity index (χ2n) is 12.4. The fourth-order valence-electron chi connectivity index (χ4n) is 6.94. The number of aryl methyl sites for hydroxylation is 2. The second-order valence-corrected chi connectivity index (χ2v) is 12.4. The van der Waals surface area contributed by atoms with Crippen LogP contribution in [-0.4, -0.2) is 53.3 Å². The normalized spacial score (nSPS) is 23.6. The molecule has 1 aliphatic carbocycles. The molecular weight excluding hydrogens is 542 g/mol. The first-order valence-electron chi connectivity index (χ1n) is 15.4. The molecule has 3 heterocycles. The van der Waals surface area contributed by atoms with Gasteiger partial charge < -0.3 is 19.5 Å². The molecule has 3 aliphatic rings. The smallest absolute Gasteiger partial charge is 0.411 e. The Hall–Kier alpha value is -4.07. The summed E-state index contributed by atoms with van der Waals surface area (Å²) in [6.07, 6.45) is 3.52. The molecule has 0 bridgehead atoms. The highest BCUT2D eigenvalue weighted by atomic mass is 16.6. The van der Waals surface area contributed by atoms with Gasteiger partial charge in [0.15, 0.2) is 0 Å². The number of aromatic nitrogens is 1. The summed E-state index contributed by atoms with van der Waals surface area (Å²) in [5.41, 5.74) is 7.15. The number of benzene rings is 2. The van der Waals surface area contributed by atoms with Gasteiger partial charge in [0.2, 0.25) is 0 Å². The van der Waals surface area contributed by atoms with E-state index < -0.39 is 5.97 Å². The molecule has 8 nitrogen and oxygen atoms in total. The Morgan fingerprint density at radius 2 is 1.70 bits per heavy atom. The Labute approximate surface area is 253 Å². The maximum absolute atomic E-state index is 13.3. The molecule has 2 atom stereocenters. The van der Waals surface area contributed by atoms with Gasteiger partial charge in [0.05, 0.1) is 31.3 Å². The summed E-state index contributed by atoms with van der Waals surface area (Å²) < 4.78 is 11.8. The lowest BCUT2D eigenvalue weighted by molar-refractivity contribution is -0.142. The van der Waals surface area contributed by atoms with Crippen LogP contribution < -0.4 is 9.64 Å². The molecule has 1 amide bonds. The number of aliphatic carboxylic acids is 1. The zero-order valence-corrected chi connectivity index (χ0v) is 25.5. The Morgan fingerprint density at radius 1 is 0.977 bits per heavy atom. The van der Waals surface area contributed by atoms with Gasteiger partial charge in [-0.05, 0) is 94.2 Å². The number of hydrogen-bond acceptors (Lipinski definition) is 6. The zero-order valence-electron chi connectivity index (χ0n) is 25.5. The van der Waals surface area contributed by atoms with E-state index in [-0.39, 0.29) is 24.2 Å². The number of cyclic esters (lactones) is 1. The highest BCUT2D eigenvalue weighted by Gasteiger charge is 2.40. The summed E-state index contributed by atoms with van der Waals surface area (Å²) in [6.45, 7) is 8.43. The molecule has 8 heteroatoms. The lowest BCUT2D eigenvalue weighted by Gasteiger charge is -2.33. The molecule has 3 fully saturated rings. The molecule has 0 spiro atoms. The molecule has 43 heavy (non-hydrogen) atoms. The van der Waals surface area contributed by atoms with Gasteiger partial charge in [-0.2, -0.15) is 0 Å². The van der Waals surface area contributed by atoms with Gasteiger partial charge in [-0.3, -0.25) is 9.69 Å². The number of carboxylic acid groups (broad SMARTS) is 1. The minimum absolute atomic E-state index is 0.173. The molecule has 6 rings (SSSR count). The number of hydrogen-bond donors (Lipinski definition) is 1. The molecule has 1 aromatic heterocycles. The van der Waals surface area contributed by atoms with Crippen molar-refractivity contribution in [3.05, 3.63) is 76.5 Å². The molecule has 2 aliphatic heterocycles. The van der Waals surface area contributed by atoms with Crippen LogP contribution in [0.3, 0.4) is 0 Å². The van der Waals surface area contributed by atoms with Crippen LogP contribution in [-0.2, 0) is 16.1 Å². The SMILES string of the molecule is COc1ccc([C@H]2CC[C@H](C(=O)O)CC2)cc1-c1ccc(N2CCC2)nc1CN1C(=O)O[C@H](c2cc(C)cc(C)c2)[C@@H]1C. The van der Waals surface area contributed by atoms with E-state index in [2.05, 4.69) is 61.2 Å². The fourth-order valence-corrected chi connectivity index (χ4v) is 6.94. The Kier molecular flexibility index (Phi) is 8.03. The molecule has 2 aromatic carbocycles. The van der Waals surface area contributed by atoms with Gasteiger partial charge in [-0.25, -0.2) is 9.78 Å². The third kappa shape index (κ3) is 5.79. The number of pyridine rings is 1. The second kappa shape index (κ2) is 11.9. The highest BCUT2D eigenvalue weighted by Crippen LogP contribution is 2.42. The van der Waals surface area contributed by atoms with Crippen molar-refractivity contribution >= 4 is 17.9 Å². The average Bonchev–Trinajstić information content (AvgIpc) is 3.24. The molecule has 1 saturated carbocycles. The largest absolute Gasteiger partial charge is 0.496 e. The van der Waals surface area contributed by atoms with Crippen LogP contribution in [0, 0.1) is 19.8 Å². The minimum Gasteiger partial charge on any atom is -0.496 e. The van der Waals surface area contributed by atoms with E-state index in [1.54, 1.807) is 12.0 Å². The molecule has 0 radical (unpaired) electrons. The Balaban J connectivity index is 1.34. The maximum Gasteiger partial charge on any atom is 0.411 e. The van der Waals surface area contributed by atoms with Crippen LogP contribution in [0.25, 0.3) is 11.1 Å². The van der Waals surface area contributed by atoms with Crippen LogP contribution in [0.1, 0.15) is 79.0 Å². The van der Waals surface area contributed by atoms with Crippen molar-refractivity contribution < 1.29 is 24.2 Å². The van der Waals surface area contributed by atoms with Crippen molar-refractivity contribution in [3.8, 4) is 16.9 Å². The summed E-state index contributed by atoms with van der Waals surface area (Å²) in [6, 6.07) is 16.6. The number of ether oxygens (including phenoxy) is 2. The minimum atomic E-state index is -0.693. The first-order valence-corrected chi connectivity index (χ1v) is 15.4. The summed E-state index contributed by atoms with van der Waals surface area (Å²) in [7, 11) is 1.67. The van der Waals surface area contributed by atoms with E-state index in [9.17, 15) is 14.7 Å². The first kappa shape index (κ1) is 29.0. The average molecular weight is 584 g/mol. The van der Waals surface area contributed by atoms with Crippen molar-refractivity contribution in [1.29, 1.82) is 0 Å². The summed E-state index contributed by atoms with van der Waals surface area (Å²) in [5.74, 6) is 1.00. The van der Waals surface area contributed by atoms with Crippen molar-refractivity contribution in [2.75, 3.05) is 25.1 Å². The van der Waals surface area contributed by atoms with Crippen molar-refractivity contribution in [3.63, 3.8) is 0 Å². The molecule has 226 valence electrons. The summed E-state index contributed by atoms with van der Waals surface area (Å²) >= 11 is 0. The van der Waals surface area contributed by atoms with Crippen LogP contribution >= 0.6 is 0 Å². The van der Waals surface area contributed by atoms with Gasteiger partial charge in [-0.1, -0.05) is 35.4 Å². The van der Waals surface area contributed by atoms with E-state index in [1.165, 1.54) is 5.56 Å². The number of nitrogens with zero attached hydrogens (tertiary/aromatic N) is 3. The predicted octanol–water partition coefficient (Wildman–Crippen LogP) is 7.02. The van der Waals surface area contributed by atoms with E-state index >= 15 is 0 Å². The van der Waals surface area contributed by atoms with Gasteiger partial charge in [0, 0.05) is 24.2 Å². The Morgan fingerprint density at radius 3 is 2.33 bits per heavy atom. The standard InChI is InChI=1S/C35H41N3O5/c1-21-16-22(2)18-27(17-21)33-23(3)38(35(41)43-33)20-30-28(11-13-32(36-30)37-14-5-15-37)29-19-26(10-12-31(29)42-4)24-6-8-25(9-7-24)34(39)40/h10-13,16-19,23-25,33H,5-9,14-15,20H2,1-4H3,(H,39,40)/t23-,24-,25-,33-/m0/s1. The van der Waals surface area contributed by atoms with E-state index in [0.29, 0.717) is 25.3 Å². The number of carboxylic acids is 1.